The van der Waals surface area contributed by atoms with Crippen LogP contribution < -0.4 is 30.7 Å². The highest BCUT2D eigenvalue weighted by Crippen LogP contribution is 2.14. The Labute approximate surface area is 204 Å². The molecule has 2 rings (SSSR count). The quantitative estimate of drug-likeness (QED) is 0.342. The van der Waals surface area contributed by atoms with Crippen LogP contribution in [0, 0.1) is 11.3 Å². The van der Waals surface area contributed by atoms with Crippen LogP contribution in [-0.2, 0) is 16.1 Å². The highest BCUT2D eigenvalue weighted by atomic mass is 32.1. The summed E-state index contributed by atoms with van der Waals surface area (Å²) >= 11 is 0.944. The minimum Gasteiger partial charge on any atom is -0.355 e. The zero-order valence-electron chi connectivity index (χ0n) is 19.3. The molecular weight excluding hydrogens is 478 g/mol. The van der Waals surface area contributed by atoms with Crippen molar-refractivity contribution in [2.75, 3.05) is 37.8 Å². The van der Waals surface area contributed by atoms with E-state index in [0.29, 0.717) is 11.4 Å². The number of carbonyl (C=O) groups is 2. The number of hydrogen-bond acceptors (Lipinski definition) is 7. The van der Waals surface area contributed by atoms with E-state index in [0.717, 1.165) is 11.3 Å². The first-order chi connectivity index (χ1) is 16.6. The van der Waals surface area contributed by atoms with Gasteiger partial charge >= 0.3 is 0 Å². The summed E-state index contributed by atoms with van der Waals surface area (Å²) in [4.78, 5) is 38.3. The average Bonchev–Trinajstić information content (AvgIpc) is 3.09. The molecule has 184 valence electrons. The number of halogens is 2. The second-order valence-electron chi connectivity index (χ2n) is 7.30. The number of rotatable bonds is 9. The van der Waals surface area contributed by atoms with Crippen LogP contribution in [0.4, 0.5) is 20.2 Å². The van der Waals surface area contributed by atoms with Crippen molar-refractivity contribution in [2.24, 2.45) is 0 Å². The molecule has 1 aromatic carbocycles. The highest BCUT2D eigenvalue weighted by molar-refractivity contribution is 7.07. The van der Waals surface area contributed by atoms with E-state index in [9.17, 15) is 28.4 Å². The van der Waals surface area contributed by atoms with E-state index < -0.39 is 30.0 Å². The molecule has 0 aliphatic rings. The van der Waals surface area contributed by atoms with Gasteiger partial charge in [0.25, 0.3) is 17.9 Å². The summed E-state index contributed by atoms with van der Waals surface area (Å²) in [6.07, 6.45) is -1.34. The van der Waals surface area contributed by atoms with Crippen LogP contribution in [-0.4, -0.2) is 54.9 Å². The molecule has 9 nitrogen and oxygen atoms in total. The number of thiazole rings is 1. The first kappa shape index (κ1) is 27.2. The molecule has 0 radical (unpaired) electrons. The molecule has 0 unspecified atom stereocenters. The van der Waals surface area contributed by atoms with Crippen LogP contribution in [0.2, 0.25) is 0 Å². The van der Waals surface area contributed by atoms with Gasteiger partial charge in [0, 0.05) is 24.1 Å². The van der Waals surface area contributed by atoms with Gasteiger partial charge in [0.05, 0.1) is 13.1 Å². The van der Waals surface area contributed by atoms with Gasteiger partial charge in [-0.05, 0) is 39.2 Å². The minimum atomic E-state index is -2.76. The second-order valence-corrected chi connectivity index (χ2v) is 8.30. The van der Waals surface area contributed by atoms with Gasteiger partial charge in [-0.3, -0.25) is 19.0 Å². The number of amides is 2. The number of carbonyl (C=O) groups excluding carboxylic acids is 2. The van der Waals surface area contributed by atoms with Crippen LogP contribution >= 0.6 is 11.3 Å². The van der Waals surface area contributed by atoms with Crippen molar-refractivity contribution in [3.8, 4) is 6.07 Å². The summed E-state index contributed by atoms with van der Waals surface area (Å²) < 4.78 is 26.3. The first-order valence-corrected chi connectivity index (χ1v) is 11.2. The average molecular weight is 503 g/mol. The maximum Gasteiger partial charge on any atom is 0.277 e. The van der Waals surface area contributed by atoms with Crippen LogP contribution in [0.5, 0.6) is 0 Å². The number of nitrogens with one attached hydrogen (secondary N) is 3. The van der Waals surface area contributed by atoms with Crippen molar-refractivity contribution >= 4 is 46.0 Å². The Morgan fingerprint density at radius 3 is 2.63 bits per heavy atom. The maximum absolute atomic E-state index is 12.7. The Kier molecular flexibility index (Phi) is 10.1. The van der Waals surface area contributed by atoms with Crippen LogP contribution in [0.25, 0.3) is 11.5 Å². The summed E-state index contributed by atoms with van der Waals surface area (Å²) in [7, 11) is 3.58. The molecule has 12 heteroatoms. The zero-order valence-corrected chi connectivity index (χ0v) is 20.1. The molecule has 0 aliphatic carbocycles. The van der Waals surface area contributed by atoms with Gasteiger partial charge in [-0.15, -0.1) is 0 Å². The number of aromatic nitrogens is 1. The molecule has 3 N–H and O–H groups in total. The summed E-state index contributed by atoms with van der Waals surface area (Å²) in [5.74, 6) is -1.17. The molecule has 0 spiro atoms. The van der Waals surface area contributed by atoms with E-state index in [4.69, 9.17) is 0 Å². The fourth-order valence-corrected chi connectivity index (χ4v) is 3.73. The topological polar surface area (TPSA) is 119 Å². The highest BCUT2D eigenvalue weighted by Gasteiger charge is 2.12. The second kappa shape index (κ2) is 13.0. The monoisotopic (exact) mass is 502 g/mol. The van der Waals surface area contributed by atoms with E-state index in [1.165, 1.54) is 10.8 Å². The van der Waals surface area contributed by atoms with Crippen molar-refractivity contribution in [2.45, 2.75) is 19.9 Å². The van der Waals surface area contributed by atoms with Crippen LogP contribution in [0.15, 0.2) is 40.8 Å². The molecule has 0 saturated heterocycles. The third kappa shape index (κ3) is 8.37. The molecule has 0 bridgehead atoms. The normalized spacial score (nSPS) is 10.2. The Bertz CT molecular complexity index is 1380. The summed E-state index contributed by atoms with van der Waals surface area (Å²) in [5.41, 5.74) is 5.68. The maximum atomic E-state index is 12.7. The van der Waals surface area contributed by atoms with Gasteiger partial charge in [-0.1, -0.05) is 28.9 Å². The number of likely N-dealkylation sites (N-methyl/N-ethyl adjacent to an activating group) is 1. The predicted octanol–water partition coefficient (Wildman–Crippen LogP) is 0.646. The van der Waals surface area contributed by atoms with Gasteiger partial charge in [0.1, 0.15) is 15.3 Å². The van der Waals surface area contributed by atoms with E-state index >= 15 is 0 Å². The molecule has 0 aliphatic heterocycles. The van der Waals surface area contributed by atoms with E-state index in [2.05, 4.69) is 22.1 Å². The number of benzene rings is 1. The SMILES string of the molecule is CCn1c(=C=C(C#N)C(=O)NCC(F)F)sc(=C=CNc2cccc(NC(=O)CN(C)C)c2)c1=O. The number of nitriles is 1. The van der Waals surface area contributed by atoms with E-state index in [-0.39, 0.29) is 28.2 Å². The van der Waals surface area contributed by atoms with Gasteiger partial charge in [-0.25, -0.2) is 8.78 Å². The molecule has 0 saturated carbocycles. The Morgan fingerprint density at radius 2 is 2.00 bits per heavy atom. The molecule has 0 atom stereocenters. The Morgan fingerprint density at radius 1 is 1.29 bits per heavy atom. The van der Waals surface area contributed by atoms with Gasteiger partial charge in [0.2, 0.25) is 5.91 Å². The van der Waals surface area contributed by atoms with Crippen molar-refractivity contribution in [1.82, 2.24) is 14.8 Å². The summed E-state index contributed by atoms with van der Waals surface area (Å²) in [5, 5.41) is 16.9. The third-order valence-electron chi connectivity index (χ3n) is 4.24. The smallest absolute Gasteiger partial charge is 0.277 e. The number of anilines is 2. The minimum absolute atomic E-state index is 0.163. The lowest BCUT2D eigenvalue weighted by atomic mass is 10.2. The Balaban J connectivity index is 2.37. The number of hydrogen-bond donors (Lipinski definition) is 3. The van der Waals surface area contributed by atoms with Gasteiger partial charge in [0.15, 0.2) is 5.57 Å². The van der Waals surface area contributed by atoms with Crippen LogP contribution in [0.1, 0.15) is 6.92 Å². The van der Waals surface area contributed by atoms with Crippen molar-refractivity contribution in [1.29, 1.82) is 5.26 Å². The fourth-order valence-electron chi connectivity index (χ4n) is 2.74. The van der Waals surface area contributed by atoms with E-state index in [1.807, 2.05) is 5.32 Å². The van der Waals surface area contributed by atoms with Crippen molar-refractivity contribution < 1.29 is 18.4 Å². The zero-order chi connectivity index (χ0) is 26.0. The standard InChI is InChI=1S/C23H24F2N6O3S/c1-4-31-21(10-15(12-26)22(33)28-13-19(24)25)35-18(23(31)34)8-9-27-16-6-5-7-17(11-16)29-20(32)14-30(2)3/h5-7,9,11,19,27H,4,13-14H2,1-3H3,(H,28,33)(H,29,32). The van der Waals surface area contributed by atoms with Crippen molar-refractivity contribution in [3.05, 3.63) is 55.6 Å². The predicted molar refractivity (Wildman–Crippen MR) is 130 cm³/mol. The largest absolute Gasteiger partial charge is 0.355 e. The lowest BCUT2D eigenvalue weighted by Gasteiger charge is -2.10. The fraction of sp³-hybridized carbons (Fsp3) is 0.304. The lowest BCUT2D eigenvalue weighted by Crippen LogP contribution is -2.31. The lowest BCUT2D eigenvalue weighted by molar-refractivity contribution is -0.118. The number of alkyl halides is 2. The molecule has 1 heterocycles. The summed E-state index contributed by atoms with van der Waals surface area (Å²) in [6, 6.07) is 8.58. The third-order valence-corrected chi connectivity index (χ3v) is 5.25. The number of nitrogens with zero attached hydrogens (tertiary/aromatic N) is 3. The first-order valence-electron chi connectivity index (χ1n) is 10.4. The van der Waals surface area contributed by atoms with Crippen molar-refractivity contribution in [3.63, 3.8) is 0 Å². The molecule has 1 aromatic heterocycles. The molecule has 35 heavy (non-hydrogen) atoms. The molecular formula is C23H24F2N6O3S. The Hall–Kier alpha value is -4.00. The van der Waals surface area contributed by atoms with Gasteiger partial charge in [-0.2, -0.15) is 5.26 Å². The van der Waals surface area contributed by atoms with Crippen LogP contribution in [0.3, 0.4) is 0 Å². The molecule has 0 fully saturated rings. The molecule has 2 amide bonds. The molecule has 2 aromatic rings. The summed E-state index contributed by atoms with van der Waals surface area (Å²) in [6.45, 7) is 1.27. The van der Waals surface area contributed by atoms with Gasteiger partial charge < -0.3 is 20.9 Å². The van der Waals surface area contributed by atoms with E-state index in [1.54, 1.807) is 56.3 Å².